The van der Waals surface area contributed by atoms with Gasteiger partial charge in [-0.2, -0.15) is 0 Å². The second-order valence-electron chi connectivity index (χ2n) is 7.49. The minimum Gasteiger partial charge on any atom is -0.309 e. The first-order valence-electron chi connectivity index (χ1n) is 9.79. The lowest BCUT2D eigenvalue weighted by atomic mass is 9.85. The quantitative estimate of drug-likeness (QED) is 0.673. The van der Waals surface area contributed by atoms with Crippen LogP contribution in [0, 0.1) is 0 Å². The molecule has 0 spiro atoms. The molecule has 29 heavy (non-hydrogen) atoms. The molecule has 0 aliphatic carbocycles. The summed E-state index contributed by atoms with van der Waals surface area (Å²) in [5.41, 5.74) is 6.60. The van der Waals surface area contributed by atoms with E-state index in [1.807, 2.05) is 12.1 Å². The first-order chi connectivity index (χ1) is 14.0. The number of rotatable bonds is 5. The van der Waals surface area contributed by atoms with Gasteiger partial charge in [0.2, 0.25) is 0 Å². The Morgan fingerprint density at radius 1 is 0.966 bits per heavy atom. The number of benzene rings is 2. The van der Waals surface area contributed by atoms with E-state index in [2.05, 4.69) is 39.6 Å². The Hall–Kier alpha value is -3.18. The molecule has 5 heteroatoms. The van der Waals surface area contributed by atoms with Gasteiger partial charge < -0.3 is 5.32 Å². The van der Waals surface area contributed by atoms with Crippen molar-refractivity contribution in [2.24, 2.45) is 0 Å². The smallest absolute Gasteiger partial charge is 0.160 e. The second-order valence-corrected chi connectivity index (χ2v) is 7.49. The number of fused-ring (bicyclic) bond motifs is 1. The first kappa shape index (κ1) is 19.2. The Morgan fingerprint density at radius 3 is 2.28 bits per heavy atom. The molecule has 146 valence electrons. The van der Waals surface area contributed by atoms with Crippen LogP contribution in [-0.2, 0) is 12.8 Å². The van der Waals surface area contributed by atoms with Crippen LogP contribution in [0.25, 0.3) is 11.1 Å². The van der Waals surface area contributed by atoms with E-state index in [-0.39, 0.29) is 17.6 Å². The molecular formula is C24H23N3O2. The SMILES string of the molecule is CC(=O)c1cc2c(cc1C(C)=O)C(Cc1ccc(-c3cncnc3)cc1)NCC2. The van der Waals surface area contributed by atoms with E-state index >= 15 is 0 Å². The molecule has 3 aromatic rings. The van der Waals surface area contributed by atoms with Crippen molar-refractivity contribution in [2.45, 2.75) is 32.7 Å². The van der Waals surface area contributed by atoms with E-state index in [1.165, 1.54) is 25.7 Å². The summed E-state index contributed by atoms with van der Waals surface area (Å²) in [6, 6.07) is 12.3. The summed E-state index contributed by atoms with van der Waals surface area (Å²) in [5.74, 6) is -0.134. The van der Waals surface area contributed by atoms with Crippen LogP contribution in [0.1, 0.15) is 57.3 Å². The van der Waals surface area contributed by atoms with E-state index in [0.29, 0.717) is 11.1 Å². The van der Waals surface area contributed by atoms with E-state index < -0.39 is 0 Å². The number of nitrogens with zero attached hydrogens (tertiary/aromatic N) is 2. The molecule has 2 aromatic carbocycles. The van der Waals surface area contributed by atoms with Gasteiger partial charge in [-0.25, -0.2) is 9.97 Å². The molecule has 1 aliphatic heterocycles. The standard InChI is InChI=1S/C24H23N3O2/c1-15(28)21-10-19-7-8-27-24(23(19)11-22(21)16(2)29)9-17-3-5-18(6-4-17)20-12-25-14-26-13-20/h3-6,10-14,24,27H,7-9H2,1-2H3. The van der Waals surface area contributed by atoms with Gasteiger partial charge in [-0.15, -0.1) is 0 Å². The number of Topliss-reactive ketones (excluding diaryl/α,β-unsaturated/α-hetero) is 2. The number of nitrogens with one attached hydrogen (secondary N) is 1. The van der Waals surface area contributed by atoms with Gasteiger partial charge in [0.25, 0.3) is 0 Å². The average molecular weight is 385 g/mol. The van der Waals surface area contributed by atoms with Crippen molar-refractivity contribution in [2.75, 3.05) is 6.54 Å². The lowest BCUT2D eigenvalue weighted by Gasteiger charge is -2.28. The molecule has 0 amide bonds. The molecule has 4 rings (SSSR count). The zero-order valence-electron chi connectivity index (χ0n) is 16.6. The molecule has 1 aromatic heterocycles. The van der Waals surface area contributed by atoms with Crippen LogP contribution < -0.4 is 5.32 Å². The topological polar surface area (TPSA) is 72.0 Å². The van der Waals surface area contributed by atoms with Crippen molar-refractivity contribution in [3.8, 4) is 11.1 Å². The zero-order chi connectivity index (χ0) is 20.4. The van der Waals surface area contributed by atoms with Crippen LogP contribution in [0.2, 0.25) is 0 Å². The van der Waals surface area contributed by atoms with E-state index in [0.717, 1.165) is 41.6 Å². The summed E-state index contributed by atoms with van der Waals surface area (Å²) in [6.07, 6.45) is 6.80. The van der Waals surface area contributed by atoms with Gasteiger partial charge in [0.05, 0.1) is 0 Å². The molecule has 1 aliphatic rings. The molecule has 0 fully saturated rings. The fraction of sp³-hybridized carbons (Fsp3) is 0.250. The third-order valence-electron chi connectivity index (χ3n) is 5.49. The third-order valence-corrected chi connectivity index (χ3v) is 5.49. The molecule has 0 saturated carbocycles. The summed E-state index contributed by atoms with van der Waals surface area (Å²) in [5, 5.41) is 3.57. The summed E-state index contributed by atoms with van der Waals surface area (Å²) in [4.78, 5) is 32.3. The minimum absolute atomic E-state index is 0.0615. The van der Waals surface area contributed by atoms with Crippen molar-refractivity contribution in [1.29, 1.82) is 0 Å². The fourth-order valence-electron chi connectivity index (χ4n) is 3.98. The highest BCUT2D eigenvalue weighted by Gasteiger charge is 2.24. The molecule has 2 heterocycles. The lowest BCUT2D eigenvalue weighted by Crippen LogP contribution is -2.32. The molecule has 0 saturated heterocycles. The maximum Gasteiger partial charge on any atom is 0.160 e. The Morgan fingerprint density at radius 2 is 1.62 bits per heavy atom. The zero-order valence-corrected chi connectivity index (χ0v) is 16.6. The van der Waals surface area contributed by atoms with Crippen LogP contribution in [-0.4, -0.2) is 28.1 Å². The summed E-state index contributed by atoms with van der Waals surface area (Å²) in [6.45, 7) is 3.89. The number of hydrogen-bond acceptors (Lipinski definition) is 5. The van der Waals surface area contributed by atoms with Crippen LogP contribution >= 0.6 is 0 Å². The van der Waals surface area contributed by atoms with E-state index in [9.17, 15) is 9.59 Å². The molecule has 1 N–H and O–H groups in total. The molecule has 5 nitrogen and oxygen atoms in total. The van der Waals surface area contributed by atoms with Crippen LogP contribution in [0.15, 0.2) is 55.1 Å². The fourth-order valence-corrected chi connectivity index (χ4v) is 3.98. The van der Waals surface area contributed by atoms with E-state index in [4.69, 9.17) is 0 Å². The normalized spacial score (nSPS) is 15.6. The van der Waals surface area contributed by atoms with Crippen molar-refractivity contribution in [3.63, 3.8) is 0 Å². The molecule has 1 atom stereocenters. The van der Waals surface area contributed by atoms with Crippen molar-refractivity contribution in [1.82, 2.24) is 15.3 Å². The molecular weight excluding hydrogens is 362 g/mol. The first-order valence-corrected chi connectivity index (χ1v) is 9.79. The van der Waals surface area contributed by atoms with Gasteiger partial charge in [0.15, 0.2) is 11.6 Å². The predicted molar refractivity (Wildman–Crippen MR) is 112 cm³/mol. The van der Waals surface area contributed by atoms with Crippen molar-refractivity contribution in [3.05, 3.63) is 82.9 Å². The number of carbonyl (C=O) groups excluding carboxylic acids is 2. The monoisotopic (exact) mass is 385 g/mol. The Bertz CT molecular complexity index is 1060. The molecule has 1 unspecified atom stereocenters. The second kappa shape index (κ2) is 8.05. The van der Waals surface area contributed by atoms with Gasteiger partial charge in [-0.1, -0.05) is 24.3 Å². The third kappa shape index (κ3) is 4.00. The minimum atomic E-state index is -0.0724. The maximum atomic E-state index is 12.1. The van der Waals surface area contributed by atoms with Gasteiger partial charge in [-0.3, -0.25) is 9.59 Å². The van der Waals surface area contributed by atoms with Crippen LogP contribution in [0.4, 0.5) is 0 Å². The summed E-state index contributed by atoms with van der Waals surface area (Å²) in [7, 11) is 0. The maximum absolute atomic E-state index is 12.1. The van der Waals surface area contributed by atoms with Crippen LogP contribution in [0.3, 0.4) is 0 Å². The van der Waals surface area contributed by atoms with Gasteiger partial charge in [0, 0.05) is 35.1 Å². The lowest BCUT2D eigenvalue weighted by molar-refractivity contribution is 0.0980. The number of ketones is 2. The van der Waals surface area contributed by atoms with Crippen LogP contribution in [0.5, 0.6) is 0 Å². The Balaban J connectivity index is 1.62. The summed E-state index contributed by atoms with van der Waals surface area (Å²) >= 11 is 0. The molecule has 0 radical (unpaired) electrons. The van der Waals surface area contributed by atoms with Gasteiger partial charge in [-0.05, 0) is 67.6 Å². The highest BCUT2D eigenvalue weighted by Crippen LogP contribution is 2.30. The van der Waals surface area contributed by atoms with E-state index in [1.54, 1.807) is 12.4 Å². The number of aromatic nitrogens is 2. The van der Waals surface area contributed by atoms with Gasteiger partial charge in [0.1, 0.15) is 6.33 Å². The number of hydrogen-bond donors (Lipinski definition) is 1. The predicted octanol–water partition coefficient (Wildman–Crippen LogP) is 3.98. The Labute approximate surface area is 170 Å². The molecule has 0 bridgehead atoms. The number of carbonyl (C=O) groups is 2. The highest BCUT2D eigenvalue weighted by atomic mass is 16.1. The Kier molecular flexibility index (Phi) is 5.32. The highest BCUT2D eigenvalue weighted by molar-refractivity contribution is 6.07. The largest absolute Gasteiger partial charge is 0.309 e. The van der Waals surface area contributed by atoms with Gasteiger partial charge >= 0.3 is 0 Å². The van der Waals surface area contributed by atoms with Crippen molar-refractivity contribution < 1.29 is 9.59 Å². The average Bonchev–Trinajstić information content (AvgIpc) is 2.74. The van der Waals surface area contributed by atoms with Crippen molar-refractivity contribution >= 4 is 11.6 Å². The summed E-state index contributed by atoms with van der Waals surface area (Å²) < 4.78 is 0.